The van der Waals surface area contributed by atoms with Gasteiger partial charge in [-0.05, 0) is 48.4 Å². The maximum atomic E-state index is 12.4. The summed E-state index contributed by atoms with van der Waals surface area (Å²) in [5.41, 5.74) is 1.95. The van der Waals surface area contributed by atoms with E-state index in [4.69, 9.17) is 0 Å². The fourth-order valence-electron chi connectivity index (χ4n) is 3.16. The summed E-state index contributed by atoms with van der Waals surface area (Å²) in [5.74, 6) is 1.50. The highest BCUT2D eigenvalue weighted by Gasteiger charge is 2.15. The van der Waals surface area contributed by atoms with Crippen LogP contribution in [0, 0.1) is 0 Å². The molecule has 1 aromatic heterocycles. The molecule has 2 aromatic rings. The maximum Gasteiger partial charge on any atom is 0.251 e. The molecule has 3 rings (SSSR count). The summed E-state index contributed by atoms with van der Waals surface area (Å²) in [4.78, 5) is 23.6. The molecule has 1 amide bonds. The number of hydrogen-bond acceptors (Lipinski definition) is 4. The molecule has 1 aliphatic heterocycles. The summed E-state index contributed by atoms with van der Waals surface area (Å²) in [7, 11) is 0. The molecule has 0 radical (unpaired) electrons. The number of piperidine rings is 1. The van der Waals surface area contributed by atoms with Gasteiger partial charge in [0.25, 0.3) is 5.91 Å². The van der Waals surface area contributed by atoms with Crippen LogP contribution < -0.4 is 10.2 Å². The highest BCUT2D eigenvalue weighted by Crippen LogP contribution is 2.22. The molecule has 0 bridgehead atoms. The van der Waals surface area contributed by atoms with Gasteiger partial charge in [0.2, 0.25) is 0 Å². The van der Waals surface area contributed by atoms with Crippen molar-refractivity contribution in [2.75, 3.05) is 18.0 Å². The lowest BCUT2D eigenvalue weighted by Gasteiger charge is -2.27. The zero-order valence-electron chi connectivity index (χ0n) is 16.0. The fraction of sp³-hybridized carbons (Fsp3) is 0.476. The van der Waals surface area contributed by atoms with Crippen LogP contribution in [0.2, 0.25) is 0 Å². The molecule has 1 N–H and O–H groups in total. The summed E-state index contributed by atoms with van der Waals surface area (Å²) in [6.07, 6.45) is 5.48. The van der Waals surface area contributed by atoms with Crippen LogP contribution in [0.4, 0.5) is 5.82 Å². The van der Waals surface area contributed by atoms with E-state index in [9.17, 15) is 4.79 Å². The molecular formula is C21H28N4O. The van der Waals surface area contributed by atoms with E-state index in [0.717, 1.165) is 18.9 Å². The molecule has 0 unspecified atom stereocenters. The van der Waals surface area contributed by atoms with Crippen LogP contribution in [-0.2, 0) is 12.0 Å². The van der Waals surface area contributed by atoms with Gasteiger partial charge in [-0.25, -0.2) is 9.97 Å². The quantitative estimate of drug-likeness (QED) is 0.912. The van der Waals surface area contributed by atoms with E-state index in [-0.39, 0.29) is 11.3 Å². The van der Waals surface area contributed by atoms with Gasteiger partial charge < -0.3 is 10.2 Å². The van der Waals surface area contributed by atoms with Crippen molar-refractivity contribution >= 4 is 11.7 Å². The predicted molar refractivity (Wildman–Crippen MR) is 104 cm³/mol. The molecule has 1 aliphatic rings. The van der Waals surface area contributed by atoms with Crippen LogP contribution in [-0.4, -0.2) is 29.0 Å². The Hall–Kier alpha value is -2.43. The Morgan fingerprint density at radius 1 is 1.08 bits per heavy atom. The molecule has 0 saturated carbocycles. The van der Waals surface area contributed by atoms with Crippen LogP contribution in [0.15, 0.2) is 36.5 Å². The molecule has 1 saturated heterocycles. The van der Waals surface area contributed by atoms with Crippen molar-refractivity contribution in [1.29, 1.82) is 0 Å². The molecule has 5 nitrogen and oxygen atoms in total. The van der Waals surface area contributed by atoms with Crippen LogP contribution in [0.5, 0.6) is 0 Å². The summed E-state index contributed by atoms with van der Waals surface area (Å²) in [6.45, 7) is 8.91. The number of carbonyl (C=O) groups excluding carboxylic acids is 1. The van der Waals surface area contributed by atoms with Crippen LogP contribution in [0.3, 0.4) is 0 Å². The Balaban J connectivity index is 1.60. The average molecular weight is 352 g/mol. The van der Waals surface area contributed by atoms with Gasteiger partial charge in [-0.2, -0.15) is 0 Å². The first-order chi connectivity index (χ1) is 12.4. The summed E-state index contributed by atoms with van der Waals surface area (Å²) in [5, 5.41) is 2.92. The monoisotopic (exact) mass is 352 g/mol. The Bertz CT molecular complexity index is 743. The summed E-state index contributed by atoms with van der Waals surface area (Å²) >= 11 is 0. The van der Waals surface area contributed by atoms with E-state index >= 15 is 0 Å². The predicted octanol–water partition coefficient (Wildman–Crippen LogP) is 3.69. The van der Waals surface area contributed by atoms with Gasteiger partial charge in [0, 0.05) is 24.8 Å². The first kappa shape index (κ1) is 18.4. The van der Waals surface area contributed by atoms with Crippen LogP contribution in [0.1, 0.15) is 61.8 Å². The standard InChI is InChI=1S/C21H28N4O/c1-21(2,3)17-9-7-16(8-10-17)20(26)23-15-18-22-12-11-19(24-18)25-13-5-4-6-14-25/h7-12H,4-6,13-15H2,1-3H3,(H,23,26). The molecule has 26 heavy (non-hydrogen) atoms. The van der Waals surface area contributed by atoms with Crippen molar-refractivity contribution in [2.45, 2.75) is 52.0 Å². The van der Waals surface area contributed by atoms with Crippen molar-refractivity contribution in [1.82, 2.24) is 15.3 Å². The first-order valence-corrected chi connectivity index (χ1v) is 9.39. The minimum absolute atomic E-state index is 0.0811. The van der Waals surface area contributed by atoms with Crippen molar-refractivity contribution in [3.8, 4) is 0 Å². The second kappa shape index (κ2) is 7.85. The van der Waals surface area contributed by atoms with Crippen molar-refractivity contribution in [3.63, 3.8) is 0 Å². The van der Waals surface area contributed by atoms with E-state index in [1.165, 1.54) is 24.8 Å². The van der Waals surface area contributed by atoms with Crippen LogP contribution in [0.25, 0.3) is 0 Å². The van der Waals surface area contributed by atoms with E-state index in [1.807, 2.05) is 30.3 Å². The van der Waals surface area contributed by atoms with Crippen molar-refractivity contribution in [2.24, 2.45) is 0 Å². The lowest BCUT2D eigenvalue weighted by Crippen LogP contribution is -2.31. The lowest BCUT2D eigenvalue weighted by atomic mass is 9.87. The lowest BCUT2D eigenvalue weighted by molar-refractivity contribution is 0.0950. The number of benzene rings is 1. The number of aromatic nitrogens is 2. The third kappa shape index (κ3) is 4.59. The van der Waals surface area contributed by atoms with E-state index < -0.39 is 0 Å². The Morgan fingerprint density at radius 2 is 1.77 bits per heavy atom. The summed E-state index contributed by atoms with van der Waals surface area (Å²) in [6, 6.07) is 9.73. The molecular weight excluding hydrogens is 324 g/mol. The molecule has 2 heterocycles. The molecule has 5 heteroatoms. The molecule has 138 valence electrons. The second-order valence-corrected chi connectivity index (χ2v) is 7.89. The van der Waals surface area contributed by atoms with Gasteiger partial charge in [-0.3, -0.25) is 4.79 Å². The van der Waals surface area contributed by atoms with Gasteiger partial charge in [0.1, 0.15) is 11.6 Å². The second-order valence-electron chi connectivity index (χ2n) is 7.89. The topological polar surface area (TPSA) is 58.1 Å². The molecule has 0 atom stereocenters. The SMILES string of the molecule is CC(C)(C)c1ccc(C(=O)NCc2nccc(N3CCCCC3)n2)cc1. The highest BCUT2D eigenvalue weighted by molar-refractivity contribution is 5.94. The molecule has 1 aromatic carbocycles. The van der Waals surface area contributed by atoms with E-state index in [2.05, 4.69) is 41.0 Å². The Kier molecular flexibility index (Phi) is 5.55. The number of rotatable bonds is 4. The number of amides is 1. The number of anilines is 1. The Morgan fingerprint density at radius 3 is 2.42 bits per heavy atom. The minimum atomic E-state index is -0.0996. The number of carbonyl (C=O) groups is 1. The largest absolute Gasteiger partial charge is 0.357 e. The van der Waals surface area contributed by atoms with Gasteiger partial charge in [-0.1, -0.05) is 32.9 Å². The molecule has 0 aliphatic carbocycles. The fourth-order valence-corrected chi connectivity index (χ4v) is 3.16. The van der Waals surface area contributed by atoms with Crippen molar-refractivity contribution < 1.29 is 4.79 Å². The number of hydrogen-bond donors (Lipinski definition) is 1. The zero-order chi connectivity index (χ0) is 18.6. The van der Waals surface area contributed by atoms with Gasteiger partial charge in [0.15, 0.2) is 0 Å². The normalized spacial score (nSPS) is 15.0. The van der Waals surface area contributed by atoms with Gasteiger partial charge in [-0.15, -0.1) is 0 Å². The van der Waals surface area contributed by atoms with Crippen LogP contribution >= 0.6 is 0 Å². The van der Waals surface area contributed by atoms with E-state index in [0.29, 0.717) is 17.9 Å². The van der Waals surface area contributed by atoms with E-state index in [1.54, 1.807) is 6.20 Å². The number of nitrogens with zero attached hydrogens (tertiary/aromatic N) is 3. The number of nitrogens with one attached hydrogen (secondary N) is 1. The third-order valence-corrected chi connectivity index (χ3v) is 4.79. The smallest absolute Gasteiger partial charge is 0.251 e. The highest BCUT2D eigenvalue weighted by atomic mass is 16.1. The average Bonchev–Trinajstić information content (AvgIpc) is 2.66. The van der Waals surface area contributed by atoms with Crippen molar-refractivity contribution in [3.05, 3.63) is 53.5 Å². The molecule has 0 spiro atoms. The summed E-state index contributed by atoms with van der Waals surface area (Å²) < 4.78 is 0. The minimum Gasteiger partial charge on any atom is -0.357 e. The van der Waals surface area contributed by atoms with Gasteiger partial charge >= 0.3 is 0 Å². The first-order valence-electron chi connectivity index (χ1n) is 9.39. The Labute approximate surface area is 155 Å². The zero-order valence-corrected chi connectivity index (χ0v) is 16.0. The maximum absolute atomic E-state index is 12.4. The third-order valence-electron chi connectivity index (χ3n) is 4.79. The molecule has 1 fully saturated rings. The van der Waals surface area contributed by atoms with Gasteiger partial charge in [0.05, 0.1) is 6.54 Å².